The van der Waals surface area contributed by atoms with Crippen molar-refractivity contribution < 1.29 is 4.39 Å². The Kier molecular flexibility index (Phi) is 4.78. The van der Waals surface area contributed by atoms with Gasteiger partial charge in [-0.2, -0.15) is 5.10 Å². The summed E-state index contributed by atoms with van der Waals surface area (Å²) >= 11 is 0. The summed E-state index contributed by atoms with van der Waals surface area (Å²) in [4.78, 5) is 0. The molecule has 0 unspecified atom stereocenters. The van der Waals surface area contributed by atoms with E-state index in [1.54, 1.807) is 0 Å². The van der Waals surface area contributed by atoms with Crippen LogP contribution >= 0.6 is 0 Å². The molecule has 1 aromatic heterocycles. The van der Waals surface area contributed by atoms with Crippen molar-refractivity contribution in [1.29, 1.82) is 0 Å². The van der Waals surface area contributed by atoms with Gasteiger partial charge in [0.15, 0.2) is 0 Å². The number of aromatic nitrogens is 2. The molecule has 0 aliphatic rings. The molecular weight excluding hydrogens is 265 g/mol. The fourth-order valence-corrected chi connectivity index (χ4v) is 2.49. The van der Waals surface area contributed by atoms with E-state index in [9.17, 15) is 4.39 Å². The van der Waals surface area contributed by atoms with Crippen molar-refractivity contribution in [2.45, 2.75) is 39.7 Å². The third-order valence-electron chi connectivity index (χ3n) is 3.78. The molecule has 2 aromatic rings. The van der Waals surface area contributed by atoms with Crippen LogP contribution in [0, 0.1) is 11.7 Å². The van der Waals surface area contributed by atoms with Crippen molar-refractivity contribution >= 4 is 0 Å². The Balaban J connectivity index is 2.20. The summed E-state index contributed by atoms with van der Waals surface area (Å²) in [7, 11) is 0. The van der Waals surface area contributed by atoms with Gasteiger partial charge in [-0.25, -0.2) is 4.39 Å². The molecule has 1 aromatic carbocycles. The van der Waals surface area contributed by atoms with Crippen LogP contribution in [-0.2, 0) is 12.0 Å². The molecule has 0 fully saturated rings. The molecule has 0 spiro atoms. The molecule has 0 bridgehead atoms. The lowest BCUT2D eigenvalue weighted by molar-refractivity contribution is 0.542. The van der Waals surface area contributed by atoms with E-state index in [1.165, 1.54) is 12.1 Å². The lowest BCUT2D eigenvalue weighted by atomic mass is 9.80. The first-order valence-corrected chi connectivity index (χ1v) is 7.40. The number of hydrogen-bond donors (Lipinski definition) is 2. The second-order valence-corrected chi connectivity index (χ2v) is 6.43. The van der Waals surface area contributed by atoms with E-state index >= 15 is 0 Å². The Hall–Kier alpha value is -1.68. The summed E-state index contributed by atoms with van der Waals surface area (Å²) < 4.78 is 13.1. The van der Waals surface area contributed by atoms with Crippen molar-refractivity contribution in [2.75, 3.05) is 6.54 Å². The second kappa shape index (κ2) is 6.39. The molecule has 0 amide bonds. The zero-order chi connectivity index (χ0) is 15.5. The zero-order valence-electron chi connectivity index (χ0n) is 13.2. The van der Waals surface area contributed by atoms with E-state index in [4.69, 9.17) is 0 Å². The summed E-state index contributed by atoms with van der Waals surface area (Å²) in [5, 5.41) is 10.7. The number of halogens is 1. The van der Waals surface area contributed by atoms with E-state index < -0.39 is 0 Å². The summed E-state index contributed by atoms with van der Waals surface area (Å²) in [6, 6.07) is 6.68. The average Bonchev–Trinajstić information content (AvgIpc) is 2.88. The third-order valence-corrected chi connectivity index (χ3v) is 3.78. The van der Waals surface area contributed by atoms with Crippen molar-refractivity contribution in [3.8, 4) is 0 Å². The molecule has 0 saturated carbocycles. The number of H-pyrrole nitrogens is 1. The first-order valence-electron chi connectivity index (χ1n) is 7.40. The summed E-state index contributed by atoms with van der Waals surface area (Å²) in [5.74, 6) is 0.406. The molecule has 0 atom stereocenters. The first-order chi connectivity index (χ1) is 9.91. The van der Waals surface area contributed by atoms with Crippen molar-refractivity contribution in [1.82, 2.24) is 15.5 Å². The van der Waals surface area contributed by atoms with Gasteiger partial charge in [0.05, 0.1) is 6.20 Å². The fraction of sp³-hybridized carbons (Fsp3) is 0.471. The maximum atomic E-state index is 13.1. The van der Waals surface area contributed by atoms with E-state index in [2.05, 4.69) is 43.2 Å². The van der Waals surface area contributed by atoms with Gasteiger partial charge in [0.1, 0.15) is 5.82 Å². The van der Waals surface area contributed by atoms with Gasteiger partial charge in [0, 0.05) is 23.2 Å². The van der Waals surface area contributed by atoms with E-state index in [-0.39, 0.29) is 11.2 Å². The number of rotatable bonds is 6. The van der Waals surface area contributed by atoms with Crippen LogP contribution in [0.2, 0.25) is 0 Å². The Bertz CT molecular complexity index is 570. The van der Waals surface area contributed by atoms with Gasteiger partial charge in [0.2, 0.25) is 0 Å². The monoisotopic (exact) mass is 289 g/mol. The largest absolute Gasteiger partial charge is 0.312 e. The molecular formula is C17H24FN3. The van der Waals surface area contributed by atoms with Gasteiger partial charge >= 0.3 is 0 Å². The molecule has 1 heterocycles. The average molecular weight is 289 g/mol. The second-order valence-electron chi connectivity index (χ2n) is 6.43. The molecule has 3 nitrogen and oxygen atoms in total. The van der Waals surface area contributed by atoms with Crippen LogP contribution in [0.5, 0.6) is 0 Å². The Labute approximate surface area is 126 Å². The number of aromatic amines is 1. The predicted octanol–water partition coefficient (Wildman–Crippen LogP) is 3.62. The topological polar surface area (TPSA) is 40.7 Å². The minimum Gasteiger partial charge on any atom is -0.312 e. The van der Waals surface area contributed by atoms with Crippen LogP contribution in [0.15, 0.2) is 30.5 Å². The van der Waals surface area contributed by atoms with Gasteiger partial charge < -0.3 is 5.32 Å². The van der Waals surface area contributed by atoms with Gasteiger partial charge in [0.25, 0.3) is 0 Å². The van der Waals surface area contributed by atoms with Gasteiger partial charge in [-0.1, -0.05) is 39.8 Å². The van der Waals surface area contributed by atoms with Crippen LogP contribution < -0.4 is 5.32 Å². The maximum Gasteiger partial charge on any atom is 0.123 e. The molecule has 21 heavy (non-hydrogen) atoms. The number of nitrogens with one attached hydrogen (secondary N) is 2. The quantitative estimate of drug-likeness (QED) is 0.852. The highest BCUT2D eigenvalue weighted by Gasteiger charge is 2.27. The Morgan fingerprint density at radius 2 is 1.90 bits per heavy atom. The number of nitrogens with zero attached hydrogens (tertiary/aromatic N) is 1. The number of hydrogen-bond acceptors (Lipinski definition) is 2. The van der Waals surface area contributed by atoms with Crippen LogP contribution in [-0.4, -0.2) is 16.7 Å². The number of benzene rings is 1. The first kappa shape index (κ1) is 15.7. The molecule has 0 saturated heterocycles. The maximum absolute atomic E-state index is 13.1. The van der Waals surface area contributed by atoms with E-state index in [1.807, 2.05) is 18.3 Å². The zero-order valence-corrected chi connectivity index (χ0v) is 13.2. The molecule has 0 aliphatic carbocycles. The summed E-state index contributed by atoms with van der Waals surface area (Å²) in [6.45, 7) is 10.4. The van der Waals surface area contributed by atoms with E-state index in [0.717, 1.165) is 29.9 Å². The van der Waals surface area contributed by atoms with Gasteiger partial charge in [-0.15, -0.1) is 0 Å². The molecule has 4 heteroatoms. The molecule has 2 N–H and O–H groups in total. The molecule has 0 radical (unpaired) electrons. The Morgan fingerprint density at radius 3 is 2.52 bits per heavy atom. The summed E-state index contributed by atoms with van der Waals surface area (Å²) in [5.41, 5.74) is 3.06. The minimum absolute atomic E-state index is 0.210. The standard InChI is InChI=1S/C17H24FN3/c1-12(2)9-19-10-13-11-20-21-16(13)17(3,4)14-5-7-15(18)8-6-14/h5-8,11-12,19H,9-10H2,1-4H3,(H,20,21). The Morgan fingerprint density at radius 1 is 1.24 bits per heavy atom. The molecule has 0 aliphatic heterocycles. The van der Waals surface area contributed by atoms with Crippen LogP contribution in [0.1, 0.15) is 44.5 Å². The molecule has 114 valence electrons. The highest BCUT2D eigenvalue weighted by atomic mass is 19.1. The predicted molar refractivity (Wildman–Crippen MR) is 83.7 cm³/mol. The van der Waals surface area contributed by atoms with Crippen LogP contribution in [0.3, 0.4) is 0 Å². The van der Waals surface area contributed by atoms with E-state index in [0.29, 0.717) is 5.92 Å². The van der Waals surface area contributed by atoms with Crippen molar-refractivity contribution in [3.63, 3.8) is 0 Å². The lowest BCUT2D eigenvalue weighted by Gasteiger charge is -2.25. The van der Waals surface area contributed by atoms with Gasteiger partial charge in [-0.3, -0.25) is 5.10 Å². The highest BCUT2D eigenvalue weighted by molar-refractivity contribution is 5.37. The van der Waals surface area contributed by atoms with Crippen molar-refractivity contribution in [3.05, 3.63) is 53.1 Å². The summed E-state index contributed by atoms with van der Waals surface area (Å²) in [6.07, 6.45) is 1.87. The van der Waals surface area contributed by atoms with Crippen LogP contribution in [0.4, 0.5) is 4.39 Å². The van der Waals surface area contributed by atoms with Crippen LogP contribution in [0.25, 0.3) is 0 Å². The smallest absolute Gasteiger partial charge is 0.123 e. The fourth-order valence-electron chi connectivity index (χ4n) is 2.49. The normalized spacial score (nSPS) is 12.1. The van der Waals surface area contributed by atoms with Crippen molar-refractivity contribution in [2.24, 2.45) is 5.92 Å². The SMILES string of the molecule is CC(C)CNCc1cn[nH]c1C(C)(C)c1ccc(F)cc1. The van der Waals surface area contributed by atoms with Gasteiger partial charge in [-0.05, 0) is 30.2 Å². The highest BCUT2D eigenvalue weighted by Crippen LogP contribution is 2.32. The molecule has 2 rings (SSSR count). The minimum atomic E-state index is -0.237. The lowest BCUT2D eigenvalue weighted by Crippen LogP contribution is -2.24. The third kappa shape index (κ3) is 3.70.